The van der Waals surface area contributed by atoms with Gasteiger partial charge in [0, 0.05) is 15.6 Å². The minimum absolute atomic E-state index is 0.0984. The molecule has 24 heavy (non-hydrogen) atoms. The van der Waals surface area contributed by atoms with Crippen LogP contribution in [0.15, 0.2) is 59.1 Å². The van der Waals surface area contributed by atoms with E-state index in [0.29, 0.717) is 21.3 Å². The summed E-state index contributed by atoms with van der Waals surface area (Å²) in [6.07, 6.45) is 0. The van der Waals surface area contributed by atoms with E-state index in [1.54, 1.807) is 18.2 Å². The zero-order valence-corrected chi connectivity index (χ0v) is 14.4. The van der Waals surface area contributed by atoms with Gasteiger partial charge in [0.2, 0.25) is 0 Å². The molecular weight excluding hydrogens is 345 g/mol. The Hall–Kier alpha value is -2.30. The first-order valence-electron chi connectivity index (χ1n) is 7.32. The average molecular weight is 360 g/mol. The highest BCUT2D eigenvalue weighted by molar-refractivity contribution is 6.34. The number of Topliss-reactive ketones (excluding diaryl/α,β-unsaturated/α-hetero) is 1. The summed E-state index contributed by atoms with van der Waals surface area (Å²) in [6, 6.07) is 14.1. The molecule has 0 fully saturated rings. The summed E-state index contributed by atoms with van der Waals surface area (Å²) < 4.78 is 0. The van der Waals surface area contributed by atoms with Crippen molar-refractivity contribution in [1.82, 2.24) is 5.32 Å². The zero-order chi connectivity index (χ0) is 17.3. The zero-order valence-electron chi connectivity index (χ0n) is 12.9. The van der Waals surface area contributed by atoms with E-state index in [2.05, 4.69) is 10.3 Å². The minimum Gasteiger partial charge on any atom is -0.370 e. The van der Waals surface area contributed by atoms with Crippen molar-refractivity contribution >= 4 is 40.6 Å². The molecule has 1 unspecified atom stereocenters. The number of benzene rings is 2. The second-order valence-electron chi connectivity index (χ2n) is 5.46. The first-order valence-corrected chi connectivity index (χ1v) is 8.08. The lowest BCUT2D eigenvalue weighted by atomic mass is 9.91. The number of carbonyl (C=O) groups excluding carboxylic acids is 1. The Morgan fingerprint density at radius 1 is 1.12 bits per heavy atom. The first-order chi connectivity index (χ1) is 11.5. The van der Waals surface area contributed by atoms with Crippen molar-refractivity contribution in [2.45, 2.75) is 13.0 Å². The largest absolute Gasteiger partial charge is 0.370 e. The number of halogens is 2. The average Bonchev–Trinajstić information content (AvgIpc) is 2.53. The van der Waals surface area contributed by atoms with Crippen molar-refractivity contribution in [2.24, 2.45) is 10.7 Å². The van der Waals surface area contributed by atoms with Crippen LogP contribution >= 0.6 is 23.2 Å². The van der Waals surface area contributed by atoms with Crippen LogP contribution in [0, 0.1) is 0 Å². The van der Waals surface area contributed by atoms with E-state index >= 15 is 0 Å². The number of nitrogens with zero attached hydrogens (tertiary/aromatic N) is 1. The summed E-state index contributed by atoms with van der Waals surface area (Å²) in [7, 11) is 0. The third-order valence-corrected chi connectivity index (χ3v) is 4.14. The van der Waals surface area contributed by atoms with Gasteiger partial charge in [-0.05, 0) is 36.2 Å². The maximum absolute atomic E-state index is 12.4. The van der Waals surface area contributed by atoms with Crippen molar-refractivity contribution in [1.29, 1.82) is 0 Å². The SMILES string of the molecule is CC(=O)C1=C(c2ccccc2)NC(N)=NC1c1cc(Cl)cc(Cl)c1. The topological polar surface area (TPSA) is 67.5 Å². The molecule has 2 aromatic carbocycles. The lowest BCUT2D eigenvalue weighted by Gasteiger charge is -2.26. The van der Waals surface area contributed by atoms with Crippen LogP contribution in [0.2, 0.25) is 10.0 Å². The lowest BCUT2D eigenvalue weighted by Crippen LogP contribution is -2.36. The van der Waals surface area contributed by atoms with Gasteiger partial charge in [-0.15, -0.1) is 0 Å². The summed E-state index contributed by atoms with van der Waals surface area (Å²) >= 11 is 12.2. The van der Waals surface area contributed by atoms with Crippen LogP contribution < -0.4 is 11.1 Å². The second-order valence-corrected chi connectivity index (χ2v) is 6.33. The van der Waals surface area contributed by atoms with Gasteiger partial charge in [0.15, 0.2) is 11.7 Å². The fraction of sp³-hybridized carbons (Fsp3) is 0.111. The summed E-state index contributed by atoms with van der Waals surface area (Å²) in [4.78, 5) is 16.8. The van der Waals surface area contributed by atoms with E-state index in [-0.39, 0.29) is 11.7 Å². The number of carbonyl (C=O) groups is 1. The van der Waals surface area contributed by atoms with Crippen LogP contribution in [0.25, 0.3) is 5.70 Å². The van der Waals surface area contributed by atoms with Gasteiger partial charge in [0.1, 0.15) is 6.04 Å². The maximum Gasteiger partial charge on any atom is 0.194 e. The number of guanidine groups is 1. The van der Waals surface area contributed by atoms with Crippen LogP contribution in [0.3, 0.4) is 0 Å². The Bertz CT molecular complexity index is 840. The van der Waals surface area contributed by atoms with Crippen molar-refractivity contribution in [2.75, 3.05) is 0 Å². The number of nitrogens with one attached hydrogen (secondary N) is 1. The van der Waals surface area contributed by atoms with Gasteiger partial charge in [-0.25, -0.2) is 4.99 Å². The normalized spacial score (nSPS) is 17.3. The fourth-order valence-electron chi connectivity index (χ4n) is 2.74. The lowest BCUT2D eigenvalue weighted by molar-refractivity contribution is -0.113. The molecule has 0 saturated heterocycles. The Labute approximate surface area is 150 Å². The molecule has 0 bridgehead atoms. The Kier molecular flexibility index (Phi) is 4.60. The van der Waals surface area contributed by atoms with Gasteiger partial charge in [-0.1, -0.05) is 53.5 Å². The van der Waals surface area contributed by atoms with Crippen molar-refractivity contribution in [3.8, 4) is 0 Å². The molecule has 2 aromatic rings. The number of hydrogen-bond acceptors (Lipinski definition) is 4. The molecule has 4 nitrogen and oxygen atoms in total. The monoisotopic (exact) mass is 359 g/mol. The van der Waals surface area contributed by atoms with Crippen LogP contribution in [-0.2, 0) is 4.79 Å². The van der Waals surface area contributed by atoms with E-state index < -0.39 is 6.04 Å². The molecule has 0 aromatic heterocycles. The molecule has 1 atom stereocenters. The minimum atomic E-state index is -0.560. The summed E-state index contributed by atoms with van der Waals surface area (Å²) in [5, 5.41) is 3.97. The highest BCUT2D eigenvalue weighted by Crippen LogP contribution is 2.36. The van der Waals surface area contributed by atoms with Crippen LogP contribution in [-0.4, -0.2) is 11.7 Å². The highest BCUT2D eigenvalue weighted by Gasteiger charge is 2.29. The predicted molar refractivity (Wildman–Crippen MR) is 98.0 cm³/mol. The van der Waals surface area contributed by atoms with Crippen molar-refractivity contribution in [3.05, 3.63) is 75.3 Å². The number of ketones is 1. The highest BCUT2D eigenvalue weighted by atomic mass is 35.5. The van der Waals surface area contributed by atoms with E-state index in [1.165, 1.54) is 6.92 Å². The molecule has 1 heterocycles. The van der Waals surface area contributed by atoms with Gasteiger partial charge in [0.25, 0.3) is 0 Å². The fourth-order valence-corrected chi connectivity index (χ4v) is 3.29. The molecule has 122 valence electrons. The summed E-state index contributed by atoms with van der Waals surface area (Å²) in [5.41, 5.74) is 8.71. The molecule has 1 aliphatic heterocycles. The number of aliphatic imine (C=N–C) groups is 1. The Balaban J connectivity index is 2.21. The molecule has 3 N–H and O–H groups in total. The van der Waals surface area contributed by atoms with E-state index in [4.69, 9.17) is 28.9 Å². The first kappa shape index (κ1) is 16.6. The Morgan fingerprint density at radius 3 is 2.33 bits per heavy atom. The third kappa shape index (κ3) is 3.30. The van der Waals surface area contributed by atoms with Crippen LogP contribution in [0.1, 0.15) is 24.1 Å². The summed E-state index contributed by atoms with van der Waals surface area (Å²) in [5.74, 6) is 0.138. The molecule has 1 aliphatic rings. The number of hydrogen-bond donors (Lipinski definition) is 2. The van der Waals surface area contributed by atoms with Gasteiger partial charge >= 0.3 is 0 Å². The Morgan fingerprint density at radius 2 is 1.75 bits per heavy atom. The number of nitrogens with two attached hydrogens (primary N) is 1. The van der Waals surface area contributed by atoms with Crippen molar-refractivity contribution < 1.29 is 4.79 Å². The molecule has 3 rings (SSSR count). The smallest absolute Gasteiger partial charge is 0.194 e. The number of rotatable bonds is 3. The van der Waals surface area contributed by atoms with Gasteiger partial charge < -0.3 is 11.1 Å². The standard InChI is InChI=1S/C18H15Cl2N3O/c1-10(24)15-16(11-5-3-2-4-6-11)22-18(21)23-17(15)12-7-13(19)9-14(20)8-12/h2-9,17H,1H3,(H3,21,22,23). The molecule has 0 radical (unpaired) electrons. The molecule has 0 spiro atoms. The predicted octanol–water partition coefficient (Wildman–Crippen LogP) is 3.95. The molecule has 0 aliphatic carbocycles. The van der Waals surface area contributed by atoms with Gasteiger partial charge in [0.05, 0.1) is 5.70 Å². The van der Waals surface area contributed by atoms with Gasteiger partial charge in [-0.3, -0.25) is 4.79 Å². The van der Waals surface area contributed by atoms with Crippen LogP contribution in [0.4, 0.5) is 0 Å². The third-order valence-electron chi connectivity index (χ3n) is 3.71. The van der Waals surface area contributed by atoms with Crippen molar-refractivity contribution in [3.63, 3.8) is 0 Å². The van der Waals surface area contributed by atoms with E-state index in [0.717, 1.165) is 11.1 Å². The molecule has 0 amide bonds. The second kappa shape index (κ2) is 6.67. The van der Waals surface area contributed by atoms with E-state index in [1.807, 2.05) is 30.3 Å². The quantitative estimate of drug-likeness (QED) is 0.871. The van der Waals surface area contributed by atoms with Crippen LogP contribution in [0.5, 0.6) is 0 Å². The van der Waals surface area contributed by atoms with E-state index in [9.17, 15) is 4.79 Å². The maximum atomic E-state index is 12.4. The molecule has 0 saturated carbocycles. The molecular formula is C18H15Cl2N3O. The summed E-state index contributed by atoms with van der Waals surface area (Å²) in [6.45, 7) is 1.51. The van der Waals surface area contributed by atoms with Gasteiger partial charge in [-0.2, -0.15) is 0 Å². The molecule has 6 heteroatoms.